The molecule has 0 bridgehead atoms. The van der Waals surface area contributed by atoms with Crippen LogP contribution in [0.2, 0.25) is 0 Å². The first-order valence-electron chi connectivity index (χ1n) is 4.99. The van der Waals surface area contributed by atoms with E-state index in [4.69, 9.17) is 11.5 Å². The first-order chi connectivity index (χ1) is 8.10. The molecule has 0 unspecified atom stereocenters. The SMILES string of the molecule is Cc1cc(CN)nc(-n2cc(C(N)=O)cn2)n1. The van der Waals surface area contributed by atoms with Gasteiger partial charge in [0.25, 0.3) is 11.9 Å². The maximum atomic E-state index is 10.9. The van der Waals surface area contributed by atoms with E-state index in [0.29, 0.717) is 23.8 Å². The summed E-state index contributed by atoms with van der Waals surface area (Å²) in [6, 6.07) is 1.79. The summed E-state index contributed by atoms with van der Waals surface area (Å²) < 4.78 is 1.40. The van der Waals surface area contributed by atoms with Gasteiger partial charge in [-0.3, -0.25) is 4.79 Å². The van der Waals surface area contributed by atoms with Crippen LogP contribution in [0, 0.1) is 6.92 Å². The molecule has 0 fully saturated rings. The molecule has 0 aliphatic rings. The Morgan fingerprint density at radius 2 is 2.24 bits per heavy atom. The lowest BCUT2D eigenvalue weighted by Crippen LogP contribution is -2.10. The van der Waals surface area contributed by atoms with Gasteiger partial charge in [0.1, 0.15) is 0 Å². The predicted molar refractivity (Wildman–Crippen MR) is 60.3 cm³/mol. The minimum atomic E-state index is -0.539. The molecule has 17 heavy (non-hydrogen) atoms. The number of nitrogens with two attached hydrogens (primary N) is 2. The summed E-state index contributed by atoms with van der Waals surface area (Å²) in [5, 5.41) is 3.97. The van der Waals surface area contributed by atoms with Crippen LogP contribution in [0.1, 0.15) is 21.7 Å². The lowest BCUT2D eigenvalue weighted by molar-refractivity contribution is 0.100. The molecule has 88 valence electrons. The molecule has 0 saturated heterocycles. The number of nitrogens with zero attached hydrogens (tertiary/aromatic N) is 4. The van der Waals surface area contributed by atoms with Crippen LogP contribution in [0.4, 0.5) is 0 Å². The first kappa shape index (κ1) is 11.2. The van der Waals surface area contributed by atoms with E-state index in [1.54, 1.807) is 6.07 Å². The van der Waals surface area contributed by atoms with Crippen LogP contribution >= 0.6 is 0 Å². The molecule has 2 rings (SSSR count). The van der Waals surface area contributed by atoms with Crippen molar-refractivity contribution in [3.8, 4) is 5.95 Å². The van der Waals surface area contributed by atoms with Gasteiger partial charge in [-0.25, -0.2) is 14.6 Å². The molecule has 1 amide bonds. The van der Waals surface area contributed by atoms with E-state index in [0.717, 1.165) is 5.69 Å². The highest BCUT2D eigenvalue weighted by Crippen LogP contribution is 2.06. The number of carbonyl (C=O) groups is 1. The molecule has 2 aromatic heterocycles. The summed E-state index contributed by atoms with van der Waals surface area (Å²) in [6.45, 7) is 2.16. The Kier molecular flexibility index (Phi) is 2.84. The van der Waals surface area contributed by atoms with E-state index in [1.807, 2.05) is 6.92 Å². The Labute approximate surface area is 97.5 Å². The van der Waals surface area contributed by atoms with Crippen LogP contribution in [-0.4, -0.2) is 25.7 Å². The zero-order valence-corrected chi connectivity index (χ0v) is 9.29. The molecule has 2 aromatic rings. The number of hydrogen-bond acceptors (Lipinski definition) is 5. The Hall–Kier alpha value is -2.28. The predicted octanol–water partition coefficient (Wildman–Crippen LogP) is -0.472. The summed E-state index contributed by atoms with van der Waals surface area (Å²) in [4.78, 5) is 19.4. The third kappa shape index (κ3) is 2.28. The molecule has 0 aliphatic carbocycles. The van der Waals surface area contributed by atoms with Crippen molar-refractivity contribution in [3.05, 3.63) is 35.4 Å². The molecule has 7 heteroatoms. The average molecular weight is 232 g/mol. The van der Waals surface area contributed by atoms with Crippen LogP contribution in [0.25, 0.3) is 5.95 Å². The number of hydrogen-bond donors (Lipinski definition) is 2. The fourth-order valence-corrected chi connectivity index (χ4v) is 1.38. The molecule has 0 aromatic carbocycles. The summed E-state index contributed by atoms with van der Waals surface area (Å²) >= 11 is 0. The Morgan fingerprint density at radius 1 is 1.47 bits per heavy atom. The van der Waals surface area contributed by atoms with Crippen LogP contribution in [0.5, 0.6) is 0 Å². The van der Waals surface area contributed by atoms with Crippen molar-refractivity contribution in [1.82, 2.24) is 19.7 Å². The largest absolute Gasteiger partial charge is 0.366 e. The van der Waals surface area contributed by atoms with Crippen molar-refractivity contribution in [2.75, 3.05) is 0 Å². The topological polar surface area (TPSA) is 113 Å². The molecular weight excluding hydrogens is 220 g/mol. The second-order valence-corrected chi connectivity index (χ2v) is 3.54. The first-order valence-corrected chi connectivity index (χ1v) is 4.99. The lowest BCUT2D eigenvalue weighted by Gasteiger charge is -2.03. The van der Waals surface area contributed by atoms with Crippen LogP contribution < -0.4 is 11.5 Å². The van der Waals surface area contributed by atoms with Crippen molar-refractivity contribution >= 4 is 5.91 Å². The van der Waals surface area contributed by atoms with E-state index >= 15 is 0 Å². The molecule has 0 aliphatic heterocycles. The average Bonchev–Trinajstić information content (AvgIpc) is 2.77. The summed E-state index contributed by atoms with van der Waals surface area (Å²) in [5.74, 6) is -0.166. The standard InChI is InChI=1S/C10H12N6O/c1-6-2-8(3-11)15-10(14-6)16-5-7(4-13-16)9(12)17/h2,4-5H,3,11H2,1H3,(H2,12,17). The monoisotopic (exact) mass is 232 g/mol. The summed E-state index contributed by atoms with van der Waals surface area (Å²) in [6.07, 6.45) is 2.85. The van der Waals surface area contributed by atoms with Gasteiger partial charge in [0.15, 0.2) is 0 Å². The maximum Gasteiger partial charge on any atom is 0.251 e. The Balaban J connectivity index is 2.44. The molecule has 7 nitrogen and oxygen atoms in total. The molecule has 4 N–H and O–H groups in total. The van der Waals surface area contributed by atoms with Gasteiger partial charge in [0.05, 0.1) is 17.5 Å². The van der Waals surface area contributed by atoms with E-state index in [1.165, 1.54) is 17.1 Å². The van der Waals surface area contributed by atoms with Crippen LogP contribution in [0.3, 0.4) is 0 Å². The van der Waals surface area contributed by atoms with Gasteiger partial charge >= 0.3 is 0 Å². The fraction of sp³-hybridized carbons (Fsp3) is 0.200. The van der Waals surface area contributed by atoms with Gasteiger partial charge in [-0.1, -0.05) is 0 Å². The van der Waals surface area contributed by atoms with Crippen molar-refractivity contribution in [2.45, 2.75) is 13.5 Å². The zero-order valence-electron chi connectivity index (χ0n) is 9.29. The molecule has 0 saturated carbocycles. The van der Waals surface area contributed by atoms with Crippen LogP contribution in [0.15, 0.2) is 18.5 Å². The molecule has 0 spiro atoms. The summed E-state index contributed by atoms with van der Waals surface area (Å²) in [5.41, 5.74) is 12.5. The lowest BCUT2D eigenvalue weighted by atomic mass is 10.3. The van der Waals surface area contributed by atoms with Crippen molar-refractivity contribution in [1.29, 1.82) is 0 Å². The van der Waals surface area contributed by atoms with E-state index in [2.05, 4.69) is 15.1 Å². The second kappa shape index (κ2) is 4.30. The number of aromatic nitrogens is 4. The van der Waals surface area contributed by atoms with Crippen molar-refractivity contribution in [3.63, 3.8) is 0 Å². The van der Waals surface area contributed by atoms with Gasteiger partial charge in [0.2, 0.25) is 0 Å². The highest BCUT2D eigenvalue weighted by atomic mass is 16.1. The molecule has 2 heterocycles. The summed E-state index contributed by atoms with van der Waals surface area (Å²) in [7, 11) is 0. The number of aryl methyl sites for hydroxylation is 1. The van der Waals surface area contributed by atoms with Gasteiger partial charge in [-0.15, -0.1) is 0 Å². The number of carbonyl (C=O) groups excluding carboxylic acids is 1. The van der Waals surface area contributed by atoms with Gasteiger partial charge in [-0.05, 0) is 13.0 Å². The Morgan fingerprint density at radius 3 is 2.82 bits per heavy atom. The third-order valence-corrected chi connectivity index (χ3v) is 2.18. The van der Waals surface area contributed by atoms with Crippen molar-refractivity contribution in [2.24, 2.45) is 11.5 Å². The maximum absolute atomic E-state index is 10.9. The smallest absolute Gasteiger partial charge is 0.251 e. The van der Waals surface area contributed by atoms with Gasteiger partial charge in [0, 0.05) is 18.4 Å². The third-order valence-electron chi connectivity index (χ3n) is 2.18. The number of rotatable bonds is 3. The Bertz CT molecular complexity index is 562. The fourth-order valence-electron chi connectivity index (χ4n) is 1.38. The van der Waals surface area contributed by atoms with E-state index in [-0.39, 0.29) is 0 Å². The van der Waals surface area contributed by atoms with Gasteiger partial charge < -0.3 is 11.5 Å². The normalized spacial score (nSPS) is 10.5. The second-order valence-electron chi connectivity index (χ2n) is 3.54. The molecule has 0 atom stereocenters. The van der Waals surface area contributed by atoms with Gasteiger partial charge in [-0.2, -0.15) is 5.10 Å². The highest BCUT2D eigenvalue weighted by molar-refractivity contribution is 5.92. The van der Waals surface area contributed by atoms with Crippen molar-refractivity contribution < 1.29 is 4.79 Å². The highest BCUT2D eigenvalue weighted by Gasteiger charge is 2.08. The minimum absolute atomic E-state index is 0.310. The van der Waals surface area contributed by atoms with E-state index in [9.17, 15) is 4.79 Å². The number of amides is 1. The molecule has 0 radical (unpaired) electrons. The quantitative estimate of drug-likeness (QED) is 0.742. The van der Waals surface area contributed by atoms with E-state index < -0.39 is 5.91 Å². The molecular formula is C10H12N6O. The zero-order chi connectivity index (χ0) is 12.4. The minimum Gasteiger partial charge on any atom is -0.366 e. The van der Waals surface area contributed by atoms with Crippen LogP contribution in [-0.2, 0) is 6.54 Å². The number of primary amides is 1.